The molecule has 0 aliphatic carbocycles. The number of nitrogens with zero attached hydrogens (tertiary/aromatic N) is 1. The van der Waals surface area contributed by atoms with E-state index >= 15 is 0 Å². The Morgan fingerprint density at radius 1 is 1.22 bits per heavy atom. The summed E-state index contributed by atoms with van der Waals surface area (Å²) in [5.41, 5.74) is 7.04. The summed E-state index contributed by atoms with van der Waals surface area (Å²) in [6.07, 6.45) is 1.63. The van der Waals surface area contributed by atoms with Crippen LogP contribution in [0.15, 0.2) is 36.5 Å². The maximum Gasteiger partial charge on any atom is 0.145 e. The molecule has 2 N–H and O–H groups in total. The summed E-state index contributed by atoms with van der Waals surface area (Å²) < 4.78 is 19.1. The minimum absolute atomic E-state index is 0.320. The quantitative estimate of drug-likeness (QED) is 0.903. The lowest BCUT2D eigenvalue weighted by atomic mass is 10.1. The van der Waals surface area contributed by atoms with Gasteiger partial charge in [0.25, 0.3) is 0 Å². The summed E-state index contributed by atoms with van der Waals surface area (Å²) in [5.74, 6) is 0.844. The molecular weight excluding hydrogens is 231 g/mol. The van der Waals surface area contributed by atoms with Gasteiger partial charge in [-0.2, -0.15) is 0 Å². The second kappa shape index (κ2) is 5.14. The highest BCUT2D eigenvalue weighted by molar-refractivity contribution is 5.35. The zero-order chi connectivity index (χ0) is 13.1. The topological polar surface area (TPSA) is 48.1 Å². The molecule has 0 unspecified atom stereocenters. The number of ether oxygens (including phenoxy) is 1. The van der Waals surface area contributed by atoms with Crippen molar-refractivity contribution < 1.29 is 9.13 Å². The van der Waals surface area contributed by atoms with E-state index < -0.39 is 0 Å². The number of rotatable bonds is 3. The van der Waals surface area contributed by atoms with Gasteiger partial charge in [0, 0.05) is 17.3 Å². The average molecular weight is 246 g/mol. The number of halogens is 1. The molecule has 0 radical (unpaired) electrons. The van der Waals surface area contributed by atoms with Crippen LogP contribution in [-0.4, -0.2) is 4.98 Å². The number of benzene rings is 1. The van der Waals surface area contributed by atoms with Crippen LogP contribution in [0.5, 0.6) is 11.5 Å². The summed E-state index contributed by atoms with van der Waals surface area (Å²) in [4.78, 5) is 4.13. The van der Waals surface area contributed by atoms with E-state index in [4.69, 9.17) is 10.5 Å². The molecule has 0 bridgehead atoms. The summed E-state index contributed by atoms with van der Waals surface area (Å²) in [7, 11) is 0. The van der Waals surface area contributed by atoms with Crippen LogP contribution < -0.4 is 10.5 Å². The molecule has 1 heterocycles. The van der Waals surface area contributed by atoms with E-state index in [1.165, 1.54) is 6.07 Å². The van der Waals surface area contributed by atoms with Gasteiger partial charge in [-0.1, -0.05) is 0 Å². The molecule has 0 fully saturated rings. The van der Waals surface area contributed by atoms with Crippen molar-refractivity contribution in [2.45, 2.75) is 19.9 Å². The predicted molar refractivity (Wildman–Crippen MR) is 68.1 cm³/mol. The molecule has 2 rings (SSSR count). The predicted octanol–water partition coefficient (Wildman–Crippen LogP) is 3.34. The number of nitrogens with two attached hydrogens (primary N) is 1. The maximum atomic E-state index is 13.5. The highest BCUT2D eigenvalue weighted by atomic mass is 19.1. The molecule has 0 amide bonds. The van der Waals surface area contributed by atoms with Crippen LogP contribution in [0.4, 0.5) is 4.39 Å². The third kappa shape index (κ3) is 2.84. The van der Waals surface area contributed by atoms with Crippen LogP contribution in [0.1, 0.15) is 24.2 Å². The molecule has 0 saturated heterocycles. The van der Waals surface area contributed by atoms with Crippen LogP contribution in [0, 0.1) is 12.7 Å². The number of hydrogen-bond donors (Lipinski definition) is 1. The lowest BCUT2D eigenvalue weighted by Crippen LogP contribution is -2.07. The SMILES string of the molecule is Cc1ccc(Oc2ccc(F)c([C@H](C)N)c2)cn1. The van der Waals surface area contributed by atoms with Crippen molar-refractivity contribution in [3.05, 3.63) is 53.6 Å². The lowest BCUT2D eigenvalue weighted by molar-refractivity contribution is 0.475. The summed E-state index contributed by atoms with van der Waals surface area (Å²) >= 11 is 0. The van der Waals surface area contributed by atoms with Crippen molar-refractivity contribution in [1.82, 2.24) is 4.98 Å². The minimum atomic E-state index is -0.371. The first-order valence-electron chi connectivity index (χ1n) is 5.72. The van der Waals surface area contributed by atoms with E-state index in [9.17, 15) is 4.39 Å². The smallest absolute Gasteiger partial charge is 0.145 e. The number of pyridine rings is 1. The molecule has 1 atom stereocenters. The molecule has 18 heavy (non-hydrogen) atoms. The van der Waals surface area contributed by atoms with Gasteiger partial charge in [-0.15, -0.1) is 0 Å². The van der Waals surface area contributed by atoms with Gasteiger partial charge >= 0.3 is 0 Å². The third-order valence-electron chi connectivity index (χ3n) is 2.58. The Balaban J connectivity index is 2.24. The molecule has 4 heteroatoms. The zero-order valence-corrected chi connectivity index (χ0v) is 10.4. The zero-order valence-electron chi connectivity index (χ0n) is 10.4. The first kappa shape index (κ1) is 12.5. The Hall–Kier alpha value is -1.94. The highest BCUT2D eigenvalue weighted by Gasteiger charge is 2.09. The second-order valence-corrected chi connectivity index (χ2v) is 4.21. The van der Waals surface area contributed by atoms with E-state index in [2.05, 4.69) is 4.98 Å². The Labute approximate surface area is 105 Å². The fourth-order valence-corrected chi connectivity index (χ4v) is 1.58. The molecule has 1 aromatic carbocycles. The van der Waals surface area contributed by atoms with Crippen molar-refractivity contribution in [1.29, 1.82) is 0 Å². The first-order chi connectivity index (χ1) is 8.56. The third-order valence-corrected chi connectivity index (χ3v) is 2.58. The fraction of sp³-hybridized carbons (Fsp3) is 0.214. The molecule has 94 valence electrons. The molecular formula is C14H15FN2O. The van der Waals surface area contributed by atoms with Crippen LogP contribution in [-0.2, 0) is 0 Å². The fourth-order valence-electron chi connectivity index (χ4n) is 1.58. The Bertz CT molecular complexity index is 538. The monoisotopic (exact) mass is 246 g/mol. The van der Waals surface area contributed by atoms with Gasteiger partial charge < -0.3 is 10.5 Å². The van der Waals surface area contributed by atoms with E-state index in [1.54, 1.807) is 25.3 Å². The van der Waals surface area contributed by atoms with Crippen LogP contribution in [0.3, 0.4) is 0 Å². The van der Waals surface area contributed by atoms with E-state index in [0.29, 0.717) is 17.1 Å². The molecule has 0 spiro atoms. The molecule has 1 aromatic heterocycles. The van der Waals surface area contributed by atoms with Gasteiger partial charge in [-0.05, 0) is 44.2 Å². The van der Waals surface area contributed by atoms with Crippen molar-refractivity contribution in [2.24, 2.45) is 5.73 Å². The van der Waals surface area contributed by atoms with Gasteiger partial charge in [0.15, 0.2) is 0 Å². The van der Waals surface area contributed by atoms with Crippen LogP contribution in [0.25, 0.3) is 0 Å². The Morgan fingerprint density at radius 3 is 2.56 bits per heavy atom. The molecule has 0 aliphatic heterocycles. The Kier molecular flexibility index (Phi) is 3.58. The molecule has 0 aliphatic rings. The van der Waals surface area contributed by atoms with Crippen molar-refractivity contribution in [3.8, 4) is 11.5 Å². The largest absolute Gasteiger partial charge is 0.456 e. The van der Waals surface area contributed by atoms with Crippen molar-refractivity contribution in [3.63, 3.8) is 0 Å². The van der Waals surface area contributed by atoms with E-state index in [-0.39, 0.29) is 11.9 Å². The standard InChI is InChI=1S/C14H15FN2O/c1-9-3-4-12(8-17-9)18-11-5-6-14(15)13(7-11)10(2)16/h3-8,10H,16H2,1-2H3/t10-/m0/s1. The molecule has 2 aromatic rings. The van der Waals surface area contributed by atoms with Gasteiger partial charge in [-0.3, -0.25) is 4.98 Å². The first-order valence-corrected chi connectivity index (χ1v) is 5.72. The highest BCUT2D eigenvalue weighted by Crippen LogP contribution is 2.25. The molecule has 3 nitrogen and oxygen atoms in total. The Morgan fingerprint density at radius 2 is 1.94 bits per heavy atom. The van der Waals surface area contributed by atoms with Gasteiger partial charge in [0.1, 0.15) is 17.3 Å². The molecule has 0 saturated carbocycles. The van der Waals surface area contributed by atoms with Gasteiger partial charge in [0.2, 0.25) is 0 Å². The number of aromatic nitrogens is 1. The maximum absolute atomic E-state index is 13.5. The van der Waals surface area contributed by atoms with Gasteiger partial charge in [-0.25, -0.2) is 4.39 Å². The summed E-state index contributed by atoms with van der Waals surface area (Å²) in [6, 6.07) is 7.84. The number of hydrogen-bond acceptors (Lipinski definition) is 3. The van der Waals surface area contributed by atoms with Gasteiger partial charge in [0.05, 0.1) is 6.20 Å². The van der Waals surface area contributed by atoms with Crippen LogP contribution >= 0.6 is 0 Å². The summed E-state index contributed by atoms with van der Waals surface area (Å²) in [5, 5.41) is 0. The van der Waals surface area contributed by atoms with E-state index in [0.717, 1.165) is 5.69 Å². The summed E-state index contributed by atoms with van der Waals surface area (Å²) in [6.45, 7) is 3.63. The minimum Gasteiger partial charge on any atom is -0.456 e. The van der Waals surface area contributed by atoms with Crippen LogP contribution in [0.2, 0.25) is 0 Å². The lowest BCUT2D eigenvalue weighted by Gasteiger charge is -2.10. The van der Waals surface area contributed by atoms with Crippen molar-refractivity contribution in [2.75, 3.05) is 0 Å². The second-order valence-electron chi connectivity index (χ2n) is 4.21. The van der Waals surface area contributed by atoms with Crippen molar-refractivity contribution >= 4 is 0 Å². The number of aryl methyl sites for hydroxylation is 1. The normalized spacial score (nSPS) is 12.2. The van der Waals surface area contributed by atoms with E-state index in [1.807, 2.05) is 19.1 Å². The average Bonchev–Trinajstić information content (AvgIpc) is 2.34.